The molecule has 2 amide bonds. The molecule has 0 fully saturated rings. The van der Waals surface area contributed by atoms with Crippen LogP contribution in [0, 0.1) is 0 Å². The van der Waals surface area contributed by atoms with Crippen molar-refractivity contribution in [3.05, 3.63) is 24.3 Å². The molecule has 0 saturated carbocycles. The maximum atomic E-state index is 11.6. The average Bonchev–Trinajstić information content (AvgIpc) is 2.37. The molecule has 0 bridgehead atoms. The minimum absolute atomic E-state index is 0.0134. The zero-order chi connectivity index (χ0) is 14.4. The third-order valence-electron chi connectivity index (χ3n) is 2.63. The summed E-state index contributed by atoms with van der Waals surface area (Å²) in [5, 5.41) is 2.94. The molecule has 0 radical (unpaired) electrons. The van der Waals surface area contributed by atoms with E-state index in [1.807, 2.05) is 0 Å². The van der Waals surface area contributed by atoms with Crippen molar-refractivity contribution in [1.29, 1.82) is 0 Å². The third-order valence-corrected chi connectivity index (χ3v) is 2.63. The molecule has 0 aromatic heterocycles. The Morgan fingerprint density at radius 1 is 1.42 bits per heavy atom. The molecule has 0 heterocycles. The van der Waals surface area contributed by atoms with Crippen LogP contribution >= 0.6 is 0 Å². The van der Waals surface area contributed by atoms with Crippen LogP contribution in [0.3, 0.4) is 0 Å². The second kappa shape index (κ2) is 6.63. The number of nitrogens with one attached hydrogen (secondary N) is 1. The molecular weight excluding hydrogens is 246 g/mol. The van der Waals surface area contributed by atoms with Gasteiger partial charge in [-0.1, -0.05) is 6.07 Å². The van der Waals surface area contributed by atoms with Gasteiger partial charge in [0.25, 0.3) is 0 Å². The highest BCUT2D eigenvalue weighted by atomic mass is 16.5. The number of benzene rings is 1. The summed E-state index contributed by atoms with van der Waals surface area (Å²) in [5.41, 5.74) is 5.98. The number of hydrogen-bond donors (Lipinski definition) is 2. The largest absolute Gasteiger partial charge is 0.497 e. The molecule has 0 aliphatic heterocycles. The van der Waals surface area contributed by atoms with Crippen LogP contribution < -0.4 is 15.8 Å². The Kier molecular flexibility index (Phi) is 5.17. The van der Waals surface area contributed by atoms with Crippen LogP contribution in [0.2, 0.25) is 0 Å². The first-order valence-corrected chi connectivity index (χ1v) is 5.84. The number of nitrogens with zero attached hydrogens (tertiary/aromatic N) is 1. The normalized spacial score (nSPS) is 11.5. The van der Waals surface area contributed by atoms with E-state index in [4.69, 9.17) is 10.5 Å². The van der Waals surface area contributed by atoms with Gasteiger partial charge in [-0.25, -0.2) is 0 Å². The summed E-state index contributed by atoms with van der Waals surface area (Å²) in [6.45, 7) is 0. The Hall–Kier alpha value is -2.24. The summed E-state index contributed by atoms with van der Waals surface area (Å²) in [6.07, 6.45) is 0.0134. The lowest BCUT2D eigenvalue weighted by Crippen LogP contribution is -2.39. The molecule has 6 heteroatoms. The molecular formula is C13H19N3O3. The minimum atomic E-state index is -0.748. The Morgan fingerprint density at radius 3 is 2.63 bits per heavy atom. The first-order valence-electron chi connectivity index (χ1n) is 5.84. The van der Waals surface area contributed by atoms with Gasteiger partial charge < -0.3 is 20.7 Å². The second-order valence-corrected chi connectivity index (χ2v) is 4.32. The molecule has 0 aliphatic rings. The number of rotatable bonds is 6. The Balaban J connectivity index is 2.78. The van der Waals surface area contributed by atoms with Crippen molar-refractivity contribution in [1.82, 2.24) is 4.90 Å². The molecule has 3 N–H and O–H groups in total. The second-order valence-electron chi connectivity index (χ2n) is 4.32. The summed E-state index contributed by atoms with van der Waals surface area (Å²) in [5.74, 6) is -0.0793. The van der Waals surface area contributed by atoms with Crippen molar-refractivity contribution in [2.75, 3.05) is 26.5 Å². The lowest BCUT2D eigenvalue weighted by Gasteiger charge is -2.19. The van der Waals surface area contributed by atoms with Crippen molar-refractivity contribution >= 4 is 17.5 Å². The van der Waals surface area contributed by atoms with E-state index in [1.165, 1.54) is 4.90 Å². The predicted octanol–water partition coefficient (Wildman–Crippen LogP) is 0.439. The number of methoxy groups -OCH3 is 1. The van der Waals surface area contributed by atoms with Gasteiger partial charge in [0.15, 0.2) is 0 Å². The van der Waals surface area contributed by atoms with Gasteiger partial charge in [0.1, 0.15) is 11.8 Å². The van der Waals surface area contributed by atoms with E-state index < -0.39 is 11.9 Å². The fraction of sp³-hybridized carbons (Fsp3) is 0.385. The Morgan fingerprint density at radius 2 is 2.11 bits per heavy atom. The molecule has 1 atom stereocenters. The molecule has 1 aromatic rings. The Labute approximate surface area is 112 Å². The number of nitrogens with two attached hydrogens (primary N) is 1. The highest BCUT2D eigenvalue weighted by Gasteiger charge is 2.20. The summed E-state index contributed by atoms with van der Waals surface area (Å²) in [4.78, 5) is 24.4. The van der Waals surface area contributed by atoms with Gasteiger partial charge in [0.05, 0.1) is 13.5 Å². The van der Waals surface area contributed by atoms with Gasteiger partial charge in [-0.05, 0) is 12.1 Å². The minimum Gasteiger partial charge on any atom is -0.497 e. The van der Waals surface area contributed by atoms with E-state index in [9.17, 15) is 9.59 Å². The zero-order valence-electron chi connectivity index (χ0n) is 11.3. The summed E-state index contributed by atoms with van der Waals surface area (Å²) < 4.78 is 5.08. The fourth-order valence-electron chi connectivity index (χ4n) is 1.49. The van der Waals surface area contributed by atoms with Gasteiger partial charge in [-0.15, -0.1) is 0 Å². The first-order chi connectivity index (χ1) is 8.93. The van der Waals surface area contributed by atoms with E-state index in [0.717, 1.165) is 0 Å². The monoisotopic (exact) mass is 265 g/mol. The molecule has 19 heavy (non-hydrogen) atoms. The smallest absolute Gasteiger partial charge is 0.240 e. The van der Waals surface area contributed by atoms with Gasteiger partial charge >= 0.3 is 0 Å². The van der Waals surface area contributed by atoms with Gasteiger partial charge in [0, 0.05) is 25.8 Å². The molecule has 1 rings (SSSR count). The average molecular weight is 265 g/mol. The van der Waals surface area contributed by atoms with Crippen LogP contribution in [0.5, 0.6) is 5.75 Å². The van der Waals surface area contributed by atoms with Crippen molar-refractivity contribution in [3.63, 3.8) is 0 Å². The van der Waals surface area contributed by atoms with E-state index in [1.54, 1.807) is 45.5 Å². The lowest BCUT2D eigenvalue weighted by atomic mass is 10.1. The first kappa shape index (κ1) is 14.8. The molecule has 1 aromatic carbocycles. The summed E-state index contributed by atoms with van der Waals surface area (Å²) >= 11 is 0. The molecule has 0 aliphatic carbocycles. The van der Waals surface area contributed by atoms with Gasteiger partial charge in [-0.2, -0.15) is 0 Å². The van der Waals surface area contributed by atoms with Crippen LogP contribution in [0.1, 0.15) is 6.42 Å². The maximum Gasteiger partial charge on any atom is 0.240 e. The molecule has 6 nitrogen and oxygen atoms in total. The van der Waals surface area contributed by atoms with Gasteiger partial charge in [0.2, 0.25) is 11.8 Å². The fourth-order valence-corrected chi connectivity index (χ4v) is 1.49. The van der Waals surface area contributed by atoms with Crippen LogP contribution in [0.25, 0.3) is 0 Å². The number of primary amides is 1. The number of amides is 2. The van der Waals surface area contributed by atoms with Crippen molar-refractivity contribution in [2.24, 2.45) is 5.73 Å². The highest BCUT2D eigenvalue weighted by molar-refractivity contribution is 5.89. The topological polar surface area (TPSA) is 84.7 Å². The maximum absolute atomic E-state index is 11.6. The number of anilines is 1. The quantitative estimate of drug-likeness (QED) is 0.781. The zero-order valence-corrected chi connectivity index (χ0v) is 11.3. The van der Waals surface area contributed by atoms with Crippen LogP contribution in [0.4, 0.5) is 5.69 Å². The van der Waals surface area contributed by atoms with Crippen LogP contribution in [-0.4, -0.2) is 44.0 Å². The van der Waals surface area contributed by atoms with Crippen LogP contribution in [-0.2, 0) is 9.59 Å². The Bertz CT molecular complexity index is 460. The van der Waals surface area contributed by atoms with Crippen molar-refractivity contribution < 1.29 is 14.3 Å². The van der Waals surface area contributed by atoms with Crippen molar-refractivity contribution in [3.8, 4) is 5.75 Å². The number of carbonyl (C=O) groups excluding carboxylic acids is 2. The van der Waals surface area contributed by atoms with Crippen molar-refractivity contribution in [2.45, 2.75) is 12.5 Å². The standard InChI is InChI=1S/C13H19N3O3/c1-16(2)12(17)8-11(13(14)18)15-9-5-4-6-10(7-9)19-3/h4-7,11,15H,8H2,1-3H3,(H2,14,18). The van der Waals surface area contributed by atoms with E-state index in [2.05, 4.69) is 5.32 Å². The van der Waals surface area contributed by atoms with E-state index in [0.29, 0.717) is 11.4 Å². The highest BCUT2D eigenvalue weighted by Crippen LogP contribution is 2.18. The van der Waals surface area contributed by atoms with Gasteiger partial charge in [-0.3, -0.25) is 9.59 Å². The summed E-state index contributed by atoms with van der Waals surface area (Å²) in [7, 11) is 4.82. The predicted molar refractivity (Wildman–Crippen MR) is 72.9 cm³/mol. The SMILES string of the molecule is COc1cccc(NC(CC(=O)N(C)C)C(N)=O)c1. The molecule has 0 spiro atoms. The lowest BCUT2D eigenvalue weighted by molar-refractivity contribution is -0.131. The number of carbonyl (C=O) groups is 2. The number of hydrogen-bond acceptors (Lipinski definition) is 4. The van der Waals surface area contributed by atoms with E-state index >= 15 is 0 Å². The molecule has 104 valence electrons. The molecule has 1 unspecified atom stereocenters. The molecule has 0 saturated heterocycles. The third kappa shape index (κ3) is 4.50. The number of ether oxygens (including phenoxy) is 1. The van der Waals surface area contributed by atoms with Crippen LogP contribution in [0.15, 0.2) is 24.3 Å². The van der Waals surface area contributed by atoms with E-state index in [-0.39, 0.29) is 12.3 Å². The summed E-state index contributed by atoms with van der Waals surface area (Å²) in [6, 6.07) is 6.33.